The summed E-state index contributed by atoms with van der Waals surface area (Å²) in [5, 5.41) is 6.74. The van der Waals surface area contributed by atoms with Gasteiger partial charge in [0.15, 0.2) is 0 Å². The number of carbonyl (C=O) groups is 2. The molecule has 3 aromatic carbocycles. The zero-order valence-electron chi connectivity index (χ0n) is 17.7. The van der Waals surface area contributed by atoms with Gasteiger partial charge in [-0.05, 0) is 48.3 Å². The third kappa shape index (κ3) is 5.32. The maximum Gasteiger partial charge on any atom is 0.265 e. The van der Waals surface area contributed by atoms with Crippen LogP contribution in [-0.2, 0) is 11.3 Å². The van der Waals surface area contributed by atoms with Gasteiger partial charge in [-0.15, -0.1) is 11.3 Å². The van der Waals surface area contributed by atoms with E-state index in [1.807, 2.05) is 78.7 Å². The smallest absolute Gasteiger partial charge is 0.265 e. The lowest BCUT2D eigenvalue weighted by atomic mass is 10.2. The van der Waals surface area contributed by atoms with Crippen molar-refractivity contribution in [3.8, 4) is 0 Å². The Morgan fingerprint density at radius 3 is 2.47 bits per heavy atom. The highest BCUT2D eigenvalue weighted by atomic mass is 32.1. The molecular weight excluding hydrogens is 420 g/mol. The lowest BCUT2D eigenvalue weighted by Gasteiger charge is -2.16. The molecule has 7 heteroatoms. The van der Waals surface area contributed by atoms with Crippen LogP contribution in [0.2, 0.25) is 0 Å². The maximum atomic E-state index is 12.6. The summed E-state index contributed by atoms with van der Waals surface area (Å²) >= 11 is 1.37. The van der Waals surface area contributed by atoms with Crippen LogP contribution in [0.25, 0.3) is 10.1 Å². The van der Waals surface area contributed by atoms with E-state index in [-0.39, 0.29) is 18.4 Å². The average Bonchev–Trinajstić information content (AvgIpc) is 3.19. The van der Waals surface area contributed by atoms with Gasteiger partial charge in [0.05, 0.1) is 22.8 Å². The van der Waals surface area contributed by atoms with Gasteiger partial charge in [-0.25, -0.2) is 0 Å². The van der Waals surface area contributed by atoms with Crippen LogP contribution in [0.1, 0.15) is 15.2 Å². The first-order valence-electron chi connectivity index (χ1n) is 10.2. The topological polar surface area (TPSA) is 87.5 Å². The molecule has 0 bridgehead atoms. The van der Waals surface area contributed by atoms with E-state index in [9.17, 15) is 9.59 Å². The molecule has 0 spiro atoms. The number of benzene rings is 3. The van der Waals surface area contributed by atoms with E-state index in [0.29, 0.717) is 28.5 Å². The van der Waals surface area contributed by atoms with Gasteiger partial charge in [-0.2, -0.15) is 0 Å². The molecular formula is C25H24N4O2S. The second-order valence-electron chi connectivity index (χ2n) is 7.61. The number of nitrogen functional groups attached to an aromatic ring is 1. The van der Waals surface area contributed by atoms with Crippen LogP contribution in [0.4, 0.5) is 17.1 Å². The molecule has 0 fully saturated rings. The predicted octanol–water partition coefficient (Wildman–Crippen LogP) is 4.81. The summed E-state index contributed by atoms with van der Waals surface area (Å²) in [5.41, 5.74) is 8.88. The second kappa shape index (κ2) is 9.64. The van der Waals surface area contributed by atoms with Crippen LogP contribution in [0, 0.1) is 0 Å². The fourth-order valence-corrected chi connectivity index (χ4v) is 4.41. The molecule has 0 saturated carbocycles. The molecule has 4 rings (SSSR count). The lowest BCUT2D eigenvalue weighted by Crippen LogP contribution is -2.29. The zero-order chi connectivity index (χ0) is 22.5. The first-order chi connectivity index (χ1) is 15.5. The number of hydrogen-bond acceptors (Lipinski definition) is 5. The number of anilines is 3. The number of rotatable bonds is 7. The van der Waals surface area contributed by atoms with Gasteiger partial charge in [0.2, 0.25) is 5.91 Å². The van der Waals surface area contributed by atoms with E-state index in [2.05, 4.69) is 10.6 Å². The van der Waals surface area contributed by atoms with Crippen LogP contribution in [0.5, 0.6) is 0 Å². The molecule has 32 heavy (non-hydrogen) atoms. The Bertz CT molecular complexity index is 1250. The monoisotopic (exact) mass is 444 g/mol. The minimum Gasteiger partial charge on any atom is -0.397 e. The first-order valence-corrected chi connectivity index (χ1v) is 11.0. The zero-order valence-corrected chi connectivity index (χ0v) is 18.5. The largest absolute Gasteiger partial charge is 0.397 e. The predicted molar refractivity (Wildman–Crippen MR) is 132 cm³/mol. The summed E-state index contributed by atoms with van der Waals surface area (Å²) in [4.78, 5) is 27.7. The highest BCUT2D eigenvalue weighted by Crippen LogP contribution is 2.29. The van der Waals surface area contributed by atoms with Gasteiger partial charge < -0.3 is 16.4 Å². The lowest BCUT2D eigenvalue weighted by molar-refractivity contribution is -0.117. The number of nitrogens with two attached hydrogens (primary N) is 1. The third-order valence-electron chi connectivity index (χ3n) is 4.95. The molecule has 4 N–H and O–H groups in total. The van der Waals surface area contributed by atoms with Gasteiger partial charge in [0.1, 0.15) is 0 Å². The van der Waals surface area contributed by atoms with Crippen molar-refractivity contribution in [2.75, 3.05) is 30.0 Å². The minimum absolute atomic E-state index is 0.0862. The summed E-state index contributed by atoms with van der Waals surface area (Å²) in [7, 11) is 1.92. The van der Waals surface area contributed by atoms with Gasteiger partial charge in [-0.3, -0.25) is 14.5 Å². The standard InChI is InChI=1S/C25H24N4O2S/c1-29(15-17-7-3-2-4-8-17)16-24(30)27-19-12-11-18-13-23(32-22(18)14-19)25(31)28-21-10-6-5-9-20(21)26/h2-14H,15-16,26H2,1H3,(H,27,30)(H,28,31). The van der Waals surface area contributed by atoms with Crippen molar-refractivity contribution in [1.82, 2.24) is 4.90 Å². The molecule has 0 unspecified atom stereocenters. The summed E-state index contributed by atoms with van der Waals surface area (Å²) in [5.74, 6) is -0.297. The number of fused-ring (bicyclic) bond motifs is 1. The highest BCUT2D eigenvalue weighted by molar-refractivity contribution is 7.21. The van der Waals surface area contributed by atoms with Crippen molar-refractivity contribution in [2.45, 2.75) is 6.54 Å². The Morgan fingerprint density at radius 2 is 1.69 bits per heavy atom. The number of nitrogens with one attached hydrogen (secondary N) is 2. The van der Waals surface area contributed by atoms with E-state index < -0.39 is 0 Å². The van der Waals surface area contributed by atoms with Crippen LogP contribution < -0.4 is 16.4 Å². The number of carbonyl (C=O) groups excluding carboxylic acids is 2. The van der Waals surface area contributed by atoms with Crippen LogP contribution >= 0.6 is 11.3 Å². The van der Waals surface area contributed by atoms with Crippen LogP contribution in [0.3, 0.4) is 0 Å². The first kappa shape index (κ1) is 21.5. The molecule has 0 saturated heterocycles. The van der Waals surface area contributed by atoms with Crippen molar-refractivity contribution >= 4 is 50.3 Å². The van der Waals surface area contributed by atoms with E-state index in [1.54, 1.807) is 12.1 Å². The van der Waals surface area contributed by atoms with E-state index in [1.165, 1.54) is 11.3 Å². The van der Waals surface area contributed by atoms with Crippen molar-refractivity contribution in [3.05, 3.63) is 89.3 Å². The summed E-state index contributed by atoms with van der Waals surface area (Å²) in [6.45, 7) is 0.978. The molecule has 0 aliphatic rings. The summed E-state index contributed by atoms with van der Waals surface area (Å²) in [6.07, 6.45) is 0. The van der Waals surface area contributed by atoms with Gasteiger partial charge in [-0.1, -0.05) is 48.5 Å². The van der Waals surface area contributed by atoms with Crippen LogP contribution in [0.15, 0.2) is 78.9 Å². The fraction of sp³-hybridized carbons (Fsp3) is 0.120. The molecule has 6 nitrogen and oxygen atoms in total. The molecule has 0 atom stereocenters. The highest BCUT2D eigenvalue weighted by Gasteiger charge is 2.13. The van der Waals surface area contributed by atoms with Crippen LogP contribution in [-0.4, -0.2) is 30.3 Å². The van der Waals surface area contributed by atoms with Crippen molar-refractivity contribution < 1.29 is 9.59 Å². The summed E-state index contributed by atoms with van der Waals surface area (Å²) < 4.78 is 0.923. The molecule has 2 amide bonds. The van der Waals surface area contributed by atoms with E-state index in [4.69, 9.17) is 5.73 Å². The Balaban J connectivity index is 1.39. The minimum atomic E-state index is -0.211. The molecule has 162 valence electrons. The quantitative estimate of drug-likeness (QED) is 0.357. The van der Waals surface area contributed by atoms with Gasteiger partial charge >= 0.3 is 0 Å². The van der Waals surface area contributed by atoms with Gasteiger partial charge in [0.25, 0.3) is 5.91 Å². The summed E-state index contributed by atoms with van der Waals surface area (Å²) in [6, 6.07) is 24.7. The fourth-order valence-electron chi connectivity index (χ4n) is 3.41. The maximum absolute atomic E-state index is 12.6. The number of amides is 2. The van der Waals surface area contributed by atoms with E-state index in [0.717, 1.165) is 15.6 Å². The second-order valence-corrected chi connectivity index (χ2v) is 8.69. The van der Waals surface area contributed by atoms with Crippen molar-refractivity contribution in [2.24, 2.45) is 0 Å². The molecule has 0 aliphatic heterocycles. The molecule has 0 aliphatic carbocycles. The number of thiophene rings is 1. The van der Waals surface area contributed by atoms with E-state index >= 15 is 0 Å². The Hall–Kier alpha value is -3.68. The Labute approximate surface area is 190 Å². The molecule has 0 radical (unpaired) electrons. The van der Waals surface area contributed by atoms with Gasteiger partial charge in [0, 0.05) is 16.9 Å². The normalized spacial score (nSPS) is 10.9. The number of nitrogens with zero attached hydrogens (tertiary/aromatic N) is 1. The average molecular weight is 445 g/mol. The number of para-hydroxylation sites is 2. The SMILES string of the molecule is CN(CC(=O)Nc1ccc2cc(C(=O)Nc3ccccc3N)sc2c1)Cc1ccccc1. The Kier molecular flexibility index (Phi) is 6.49. The Morgan fingerprint density at radius 1 is 0.938 bits per heavy atom. The third-order valence-corrected chi connectivity index (χ3v) is 6.04. The van der Waals surface area contributed by atoms with Crippen molar-refractivity contribution in [3.63, 3.8) is 0 Å². The molecule has 1 aromatic heterocycles. The molecule has 1 heterocycles. The number of hydrogen-bond donors (Lipinski definition) is 3. The molecule has 4 aromatic rings. The van der Waals surface area contributed by atoms with Crippen molar-refractivity contribution in [1.29, 1.82) is 0 Å². The number of likely N-dealkylation sites (N-methyl/N-ethyl adjacent to an activating group) is 1.